The van der Waals surface area contributed by atoms with Crippen LogP contribution in [-0.4, -0.2) is 4.98 Å². The highest BCUT2D eigenvalue weighted by Crippen LogP contribution is 2.41. The van der Waals surface area contributed by atoms with Gasteiger partial charge in [-0.2, -0.15) is 0 Å². The van der Waals surface area contributed by atoms with Crippen LogP contribution in [0.2, 0.25) is 0 Å². The van der Waals surface area contributed by atoms with Crippen LogP contribution in [0.25, 0.3) is 53.5 Å². The predicted octanol–water partition coefficient (Wildman–Crippen LogP) is 11.1. The van der Waals surface area contributed by atoms with Gasteiger partial charge in [0.25, 0.3) is 0 Å². The highest BCUT2D eigenvalue weighted by molar-refractivity contribution is 7.19. The Morgan fingerprint density at radius 1 is 0.868 bits per heavy atom. The number of nitrogens with zero attached hydrogens (tertiary/aromatic N) is 1. The molecule has 38 heavy (non-hydrogen) atoms. The Labute approximate surface area is 234 Å². The van der Waals surface area contributed by atoms with Crippen molar-refractivity contribution in [2.45, 2.75) is 60.3 Å². The van der Waals surface area contributed by atoms with Crippen molar-refractivity contribution < 1.29 is 0 Å². The lowest BCUT2D eigenvalue weighted by molar-refractivity contribution is 0.596. The molecule has 0 aliphatic heterocycles. The van der Waals surface area contributed by atoms with Crippen LogP contribution in [-0.2, 0) is 11.8 Å². The number of hydrogen-bond acceptors (Lipinski definition) is 3. The van der Waals surface area contributed by atoms with Crippen LogP contribution in [0, 0.1) is 19.8 Å². The number of aryl methyl sites for hydroxylation is 2. The molecule has 0 atom stereocenters. The number of rotatable bonds is 4. The van der Waals surface area contributed by atoms with Crippen molar-refractivity contribution >= 4 is 53.7 Å². The van der Waals surface area contributed by atoms with Gasteiger partial charge in [-0.05, 0) is 111 Å². The number of aromatic nitrogens is 1. The fourth-order valence-electron chi connectivity index (χ4n) is 5.65. The van der Waals surface area contributed by atoms with E-state index in [1.54, 1.807) is 11.3 Å². The Bertz CT molecular complexity index is 1820. The molecule has 0 fully saturated rings. The third kappa shape index (κ3) is 4.36. The second-order valence-corrected chi connectivity index (χ2v) is 14.1. The van der Waals surface area contributed by atoms with E-state index in [-0.39, 0.29) is 5.41 Å². The van der Waals surface area contributed by atoms with E-state index in [1.807, 2.05) is 11.3 Å². The number of pyridine rings is 1. The second kappa shape index (κ2) is 9.32. The van der Waals surface area contributed by atoms with Crippen molar-refractivity contribution in [3.8, 4) is 22.4 Å². The van der Waals surface area contributed by atoms with Crippen LogP contribution in [0.4, 0.5) is 0 Å². The molecule has 0 N–H and O–H groups in total. The molecule has 0 amide bonds. The summed E-state index contributed by atoms with van der Waals surface area (Å²) in [6.45, 7) is 16.0. The lowest BCUT2D eigenvalue weighted by Gasteiger charge is -2.23. The summed E-state index contributed by atoms with van der Waals surface area (Å²) in [5.41, 5.74) is 8.95. The van der Waals surface area contributed by atoms with Crippen molar-refractivity contribution in [1.29, 1.82) is 0 Å². The van der Waals surface area contributed by atoms with E-state index in [9.17, 15) is 0 Å². The zero-order valence-corrected chi connectivity index (χ0v) is 25.0. The van der Waals surface area contributed by atoms with Gasteiger partial charge >= 0.3 is 0 Å². The van der Waals surface area contributed by atoms with Gasteiger partial charge in [-0.25, -0.2) is 4.98 Å². The summed E-state index contributed by atoms with van der Waals surface area (Å²) < 4.78 is 1.39. The van der Waals surface area contributed by atoms with E-state index in [0.717, 1.165) is 16.9 Å². The molecule has 6 rings (SSSR count). The smallest absolute Gasteiger partial charge is 0.124 e. The average Bonchev–Trinajstić information content (AvgIpc) is 3.40. The Kier molecular flexibility index (Phi) is 6.20. The normalized spacial score (nSPS) is 12.4. The largest absolute Gasteiger partial charge is 0.237 e. The van der Waals surface area contributed by atoms with Crippen LogP contribution < -0.4 is 0 Å². The van der Waals surface area contributed by atoms with Crippen molar-refractivity contribution in [1.82, 2.24) is 4.98 Å². The number of hydrogen-bond donors (Lipinski definition) is 0. The minimum Gasteiger partial charge on any atom is -0.237 e. The first-order valence-electron chi connectivity index (χ1n) is 13.5. The zero-order chi connectivity index (χ0) is 26.8. The molecule has 6 aromatic rings. The number of thiophene rings is 2. The Balaban J connectivity index is 1.58. The standard InChI is InChI=1S/C35H35NS2/c1-20(2)14-32-22(4)27-16-24(12-13-31(27)38-32)28-18-30(36-34-33(28)21(3)19-37-34)25-15-23-10-8-9-11-26(23)29(17-25)35(5,6)7/h8-13,15-20H,14H2,1-7H3. The fraction of sp³-hybridized carbons (Fsp3) is 0.286. The molecule has 0 saturated heterocycles. The zero-order valence-electron chi connectivity index (χ0n) is 23.4. The van der Waals surface area contributed by atoms with Gasteiger partial charge in [0.2, 0.25) is 0 Å². The minimum absolute atomic E-state index is 0.0390. The predicted molar refractivity (Wildman–Crippen MR) is 170 cm³/mol. The SMILES string of the molecule is Cc1c(CC(C)C)sc2ccc(-c3cc(-c4cc(C(C)(C)C)c5ccccc5c4)nc4scc(C)c34)cc12. The molecule has 3 aromatic heterocycles. The van der Waals surface area contributed by atoms with Gasteiger partial charge in [0.05, 0.1) is 5.69 Å². The first kappa shape index (κ1) is 25.3. The van der Waals surface area contributed by atoms with E-state index in [0.29, 0.717) is 5.92 Å². The topological polar surface area (TPSA) is 12.9 Å². The maximum Gasteiger partial charge on any atom is 0.124 e. The molecule has 0 radical (unpaired) electrons. The molecule has 0 spiro atoms. The summed E-state index contributed by atoms with van der Waals surface area (Å²) in [5.74, 6) is 0.664. The number of benzene rings is 3. The van der Waals surface area contributed by atoms with Crippen molar-refractivity contribution in [2.75, 3.05) is 0 Å². The van der Waals surface area contributed by atoms with E-state index in [2.05, 4.69) is 115 Å². The first-order chi connectivity index (χ1) is 18.1. The monoisotopic (exact) mass is 533 g/mol. The molecule has 3 heterocycles. The average molecular weight is 534 g/mol. The summed E-state index contributed by atoms with van der Waals surface area (Å²) in [5, 5.41) is 7.52. The van der Waals surface area contributed by atoms with Crippen molar-refractivity contribution in [3.05, 3.63) is 87.6 Å². The summed E-state index contributed by atoms with van der Waals surface area (Å²) in [4.78, 5) is 7.85. The minimum atomic E-state index is 0.0390. The Morgan fingerprint density at radius 3 is 2.42 bits per heavy atom. The van der Waals surface area contributed by atoms with E-state index in [4.69, 9.17) is 4.98 Å². The van der Waals surface area contributed by atoms with Crippen LogP contribution >= 0.6 is 22.7 Å². The van der Waals surface area contributed by atoms with E-state index in [1.165, 1.54) is 64.5 Å². The van der Waals surface area contributed by atoms with Crippen molar-refractivity contribution in [3.63, 3.8) is 0 Å². The summed E-state index contributed by atoms with van der Waals surface area (Å²) >= 11 is 3.71. The maximum atomic E-state index is 5.22. The molecular formula is C35H35NS2. The third-order valence-corrected chi connectivity index (χ3v) is 9.92. The van der Waals surface area contributed by atoms with Crippen LogP contribution in [0.15, 0.2) is 66.0 Å². The maximum absolute atomic E-state index is 5.22. The summed E-state index contributed by atoms with van der Waals surface area (Å²) in [6.07, 6.45) is 1.14. The summed E-state index contributed by atoms with van der Waals surface area (Å²) in [7, 11) is 0. The first-order valence-corrected chi connectivity index (χ1v) is 15.2. The molecule has 1 nitrogen and oxygen atoms in total. The fourth-order valence-corrected chi connectivity index (χ4v) is 8.00. The van der Waals surface area contributed by atoms with E-state index < -0.39 is 0 Å². The van der Waals surface area contributed by atoms with Gasteiger partial charge in [-0.3, -0.25) is 0 Å². The lowest BCUT2D eigenvalue weighted by Crippen LogP contribution is -2.12. The molecule has 192 valence electrons. The second-order valence-electron chi connectivity index (χ2n) is 12.1. The van der Waals surface area contributed by atoms with Crippen LogP contribution in [0.1, 0.15) is 56.2 Å². The van der Waals surface area contributed by atoms with Crippen LogP contribution in [0.5, 0.6) is 0 Å². The molecule has 0 unspecified atom stereocenters. The molecule has 0 saturated carbocycles. The van der Waals surface area contributed by atoms with Gasteiger partial charge in [0.15, 0.2) is 0 Å². The van der Waals surface area contributed by atoms with Gasteiger partial charge in [0.1, 0.15) is 4.83 Å². The summed E-state index contributed by atoms with van der Waals surface area (Å²) in [6, 6.07) is 22.8. The Morgan fingerprint density at radius 2 is 1.66 bits per heavy atom. The molecule has 0 aliphatic carbocycles. The molecule has 3 heteroatoms. The Hall–Kier alpha value is -3.01. The van der Waals surface area contributed by atoms with Gasteiger partial charge in [-0.15, -0.1) is 22.7 Å². The van der Waals surface area contributed by atoms with Gasteiger partial charge in [0, 0.05) is 20.5 Å². The molecule has 3 aromatic carbocycles. The third-order valence-electron chi connectivity index (χ3n) is 7.63. The molecular weight excluding hydrogens is 499 g/mol. The molecule has 0 bridgehead atoms. The molecule has 0 aliphatic rings. The van der Waals surface area contributed by atoms with Crippen molar-refractivity contribution in [2.24, 2.45) is 5.92 Å². The van der Waals surface area contributed by atoms with E-state index >= 15 is 0 Å². The highest BCUT2D eigenvalue weighted by atomic mass is 32.1. The van der Waals surface area contributed by atoms with Gasteiger partial charge in [-0.1, -0.05) is 65.0 Å². The lowest BCUT2D eigenvalue weighted by atomic mass is 9.82. The quantitative estimate of drug-likeness (QED) is 0.220. The van der Waals surface area contributed by atoms with Crippen LogP contribution in [0.3, 0.4) is 0 Å². The number of fused-ring (bicyclic) bond motifs is 3. The van der Waals surface area contributed by atoms with Gasteiger partial charge < -0.3 is 0 Å². The highest BCUT2D eigenvalue weighted by Gasteiger charge is 2.20.